The second-order valence-electron chi connectivity index (χ2n) is 7.90. The van der Waals surface area contributed by atoms with Gasteiger partial charge in [-0.15, -0.1) is 11.3 Å². The van der Waals surface area contributed by atoms with Crippen LogP contribution in [0.4, 0.5) is 5.69 Å². The maximum absolute atomic E-state index is 13.3. The maximum Gasteiger partial charge on any atom is 0.339 e. The molecule has 8 nitrogen and oxygen atoms in total. The number of thiophene rings is 1. The van der Waals surface area contributed by atoms with Gasteiger partial charge in [-0.25, -0.2) is 9.59 Å². The zero-order valence-corrected chi connectivity index (χ0v) is 19.8. The first-order valence-electron chi connectivity index (χ1n) is 10.5. The molecule has 0 aliphatic rings. The van der Waals surface area contributed by atoms with Gasteiger partial charge >= 0.3 is 11.7 Å². The summed E-state index contributed by atoms with van der Waals surface area (Å²) in [5, 5.41) is 4.39. The first-order chi connectivity index (χ1) is 16.3. The number of esters is 1. The Hall–Kier alpha value is -3.98. The van der Waals surface area contributed by atoms with Crippen molar-refractivity contribution in [3.8, 4) is 0 Å². The van der Waals surface area contributed by atoms with Crippen LogP contribution in [0.15, 0.2) is 63.5 Å². The van der Waals surface area contributed by atoms with Gasteiger partial charge in [0.05, 0.1) is 30.4 Å². The van der Waals surface area contributed by atoms with Gasteiger partial charge in [0, 0.05) is 0 Å². The average Bonchev–Trinajstić information content (AvgIpc) is 3.32. The molecule has 1 amide bonds. The van der Waals surface area contributed by atoms with Crippen molar-refractivity contribution in [2.45, 2.75) is 26.9 Å². The second kappa shape index (κ2) is 9.48. The molecule has 0 aliphatic carbocycles. The molecule has 2 heterocycles. The van der Waals surface area contributed by atoms with Crippen molar-refractivity contribution in [3.63, 3.8) is 0 Å². The number of benzene rings is 2. The summed E-state index contributed by atoms with van der Waals surface area (Å²) in [7, 11) is 1.26. The highest BCUT2D eigenvalue weighted by Crippen LogP contribution is 2.18. The Kier molecular flexibility index (Phi) is 6.47. The van der Waals surface area contributed by atoms with E-state index in [9.17, 15) is 19.2 Å². The molecule has 4 aromatic rings. The molecule has 174 valence electrons. The number of hydrogen-bond acceptors (Lipinski definition) is 6. The normalized spacial score (nSPS) is 10.9. The molecule has 1 N–H and O–H groups in total. The van der Waals surface area contributed by atoms with Crippen LogP contribution >= 0.6 is 11.3 Å². The van der Waals surface area contributed by atoms with E-state index in [-0.39, 0.29) is 29.9 Å². The lowest BCUT2D eigenvalue weighted by Gasteiger charge is -2.14. The minimum Gasteiger partial charge on any atom is -0.465 e. The Morgan fingerprint density at radius 3 is 2.50 bits per heavy atom. The highest BCUT2D eigenvalue weighted by molar-refractivity contribution is 7.17. The zero-order valence-electron chi connectivity index (χ0n) is 19.0. The molecule has 4 rings (SSSR count). The monoisotopic (exact) mass is 477 g/mol. The van der Waals surface area contributed by atoms with E-state index < -0.39 is 17.6 Å². The summed E-state index contributed by atoms with van der Waals surface area (Å²) in [6, 6.07) is 13.9. The van der Waals surface area contributed by atoms with Crippen LogP contribution in [0.1, 0.15) is 27.0 Å². The van der Waals surface area contributed by atoms with Gasteiger partial charge in [0.25, 0.3) is 5.56 Å². The van der Waals surface area contributed by atoms with Crippen LogP contribution in [-0.4, -0.2) is 28.1 Å². The number of amides is 1. The molecule has 0 spiro atoms. The third kappa shape index (κ3) is 4.42. The number of carbonyl (C=O) groups excluding carboxylic acids is 2. The summed E-state index contributed by atoms with van der Waals surface area (Å²) in [6.07, 6.45) is 0. The lowest BCUT2D eigenvalue weighted by atomic mass is 10.1. The number of nitrogens with one attached hydrogen (secondary N) is 1. The molecular formula is C25H23N3O5S. The average molecular weight is 478 g/mol. The lowest BCUT2D eigenvalue weighted by molar-refractivity contribution is -0.116. The van der Waals surface area contributed by atoms with Crippen molar-refractivity contribution in [3.05, 3.63) is 97.0 Å². The van der Waals surface area contributed by atoms with E-state index in [1.165, 1.54) is 29.1 Å². The second-order valence-corrected chi connectivity index (χ2v) is 8.82. The number of anilines is 1. The number of aryl methyl sites for hydroxylation is 2. The van der Waals surface area contributed by atoms with E-state index in [0.717, 1.165) is 21.3 Å². The number of nitrogens with zero attached hydrogens (tertiary/aromatic N) is 2. The molecule has 9 heteroatoms. The largest absolute Gasteiger partial charge is 0.465 e. The van der Waals surface area contributed by atoms with Gasteiger partial charge in [-0.05, 0) is 54.1 Å². The van der Waals surface area contributed by atoms with Gasteiger partial charge in [0.1, 0.15) is 11.2 Å². The number of methoxy groups -OCH3 is 1. The number of rotatable bonds is 6. The number of aromatic nitrogens is 2. The molecule has 0 aliphatic heterocycles. The molecule has 34 heavy (non-hydrogen) atoms. The van der Waals surface area contributed by atoms with Gasteiger partial charge in [0.2, 0.25) is 5.91 Å². The summed E-state index contributed by atoms with van der Waals surface area (Å²) in [5.74, 6) is -1.10. The van der Waals surface area contributed by atoms with Crippen molar-refractivity contribution in [1.82, 2.24) is 9.13 Å². The van der Waals surface area contributed by atoms with Crippen molar-refractivity contribution < 1.29 is 14.3 Å². The van der Waals surface area contributed by atoms with Crippen LogP contribution in [0.3, 0.4) is 0 Å². The van der Waals surface area contributed by atoms with Crippen molar-refractivity contribution in [2.75, 3.05) is 12.4 Å². The minimum atomic E-state index is -0.588. The van der Waals surface area contributed by atoms with Crippen LogP contribution in [-0.2, 0) is 22.6 Å². The topological polar surface area (TPSA) is 99.4 Å². The summed E-state index contributed by atoms with van der Waals surface area (Å²) < 4.78 is 7.59. The molecule has 0 fully saturated rings. The number of ether oxygens (including phenoxy) is 1. The number of carbonyl (C=O) groups is 2. The molecule has 0 radical (unpaired) electrons. The Morgan fingerprint density at radius 1 is 1.00 bits per heavy atom. The maximum atomic E-state index is 13.3. The molecular weight excluding hydrogens is 454 g/mol. The van der Waals surface area contributed by atoms with Crippen molar-refractivity contribution >= 4 is 39.1 Å². The third-order valence-corrected chi connectivity index (χ3v) is 6.55. The molecule has 0 unspecified atom stereocenters. The van der Waals surface area contributed by atoms with Crippen LogP contribution in [0.2, 0.25) is 0 Å². The quantitative estimate of drug-likeness (QED) is 0.430. The fraction of sp³-hybridized carbons (Fsp3) is 0.200. The molecule has 0 saturated carbocycles. The molecule has 2 aromatic heterocycles. The zero-order chi connectivity index (χ0) is 24.4. The van der Waals surface area contributed by atoms with Gasteiger partial charge in [-0.3, -0.25) is 18.7 Å². The number of para-hydroxylation sites is 1. The Balaban J connectivity index is 1.71. The number of hydrogen-bond donors (Lipinski definition) is 1. The van der Waals surface area contributed by atoms with E-state index in [1.807, 2.05) is 32.0 Å². The molecule has 0 atom stereocenters. The van der Waals surface area contributed by atoms with Crippen molar-refractivity contribution in [2.24, 2.45) is 0 Å². The SMILES string of the molecule is COC(=O)c1ccccc1NC(=O)Cn1c(=O)n(Cc2ccc(C)c(C)c2)c(=O)c2sccc21. The van der Waals surface area contributed by atoms with Crippen molar-refractivity contribution in [1.29, 1.82) is 0 Å². The molecule has 2 aromatic carbocycles. The van der Waals surface area contributed by atoms with E-state index in [4.69, 9.17) is 4.74 Å². The summed E-state index contributed by atoms with van der Waals surface area (Å²) >= 11 is 1.22. The number of fused-ring (bicyclic) bond motifs is 1. The first kappa shape index (κ1) is 23.2. The van der Waals surface area contributed by atoms with Gasteiger partial charge in [-0.2, -0.15) is 0 Å². The standard InChI is InChI=1S/C25H23N3O5S/c1-15-8-9-17(12-16(15)2)13-28-23(30)22-20(10-11-34-22)27(25(28)32)14-21(29)26-19-7-5-4-6-18(19)24(31)33-3/h4-12H,13-14H2,1-3H3,(H,26,29). The van der Waals surface area contributed by atoms with E-state index in [2.05, 4.69) is 5.32 Å². The van der Waals surface area contributed by atoms with Gasteiger partial charge < -0.3 is 10.1 Å². The van der Waals surface area contributed by atoms with Crippen LogP contribution < -0.4 is 16.6 Å². The van der Waals surface area contributed by atoms with Gasteiger partial charge in [-0.1, -0.05) is 30.3 Å². The highest BCUT2D eigenvalue weighted by atomic mass is 32.1. The van der Waals surface area contributed by atoms with E-state index in [1.54, 1.807) is 29.6 Å². The fourth-order valence-corrected chi connectivity index (χ4v) is 4.57. The van der Waals surface area contributed by atoms with Crippen LogP contribution in [0.5, 0.6) is 0 Å². The first-order valence-corrected chi connectivity index (χ1v) is 11.4. The van der Waals surface area contributed by atoms with E-state index in [0.29, 0.717) is 10.2 Å². The van der Waals surface area contributed by atoms with Crippen LogP contribution in [0.25, 0.3) is 10.2 Å². The summed E-state index contributed by atoms with van der Waals surface area (Å²) in [4.78, 5) is 51.3. The predicted octanol–water partition coefficient (Wildman–Crippen LogP) is 3.32. The Bertz CT molecular complexity index is 1530. The fourth-order valence-electron chi connectivity index (χ4n) is 3.72. The molecule has 0 bridgehead atoms. The van der Waals surface area contributed by atoms with Gasteiger partial charge in [0.15, 0.2) is 0 Å². The Morgan fingerprint density at radius 2 is 1.76 bits per heavy atom. The lowest BCUT2D eigenvalue weighted by Crippen LogP contribution is -2.41. The van der Waals surface area contributed by atoms with E-state index >= 15 is 0 Å². The molecule has 0 saturated heterocycles. The highest BCUT2D eigenvalue weighted by Gasteiger charge is 2.18. The summed E-state index contributed by atoms with van der Waals surface area (Å²) in [6.45, 7) is 3.74. The summed E-state index contributed by atoms with van der Waals surface area (Å²) in [5.41, 5.74) is 2.90. The van der Waals surface area contributed by atoms with Crippen LogP contribution in [0, 0.1) is 13.8 Å². The minimum absolute atomic E-state index is 0.0966. The Labute approximate surface area is 199 Å². The third-order valence-electron chi connectivity index (χ3n) is 5.66. The predicted molar refractivity (Wildman–Crippen MR) is 132 cm³/mol. The smallest absolute Gasteiger partial charge is 0.339 e.